The number of aromatic amines is 1. The molecule has 0 amide bonds. The fourth-order valence-corrected chi connectivity index (χ4v) is 0.639. The van der Waals surface area contributed by atoms with Crippen LogP contribution in [0.25, 0.3) is 10.4 Å². The first kappa shape index (κ1) is 6.64. The molecule has 0 aliphatic heterocycles. The van der Waals surface area contributed by atoms with Gasteiger partial charge in [-0.05, 0) is 18.0 Å². The molecule has 0 saturated carbocycles. The third-order valence-corrected chi connectivity index (χ3v) is 1.10. The molecule has 5 heteroatoms. The van der Waals surface area contributed by atoms with Crippen LogP contribution >= 0.6 is 0 Å². The standard InChI is InChI=1S/C5H7N5/c6-10-8-4-2-5-1-3-7-9-5/h1,3H,2,4H2,(H,7,9). The van der Waals surface area contributed by atoms with Crippen LogP contribution in [0.5, 0.6) is 0 Å². The molecule has 1 aromatic heterocycles. The fourth-order valence-electron chi connectivity index (χ4n) is 0.639. The van der Waals surface area contributed by atoms with Crippen molar-refractivity contribution in [1.29, 1.82) is 0 Å². The predicted molar refractivity (Wildman–Crippen MR) is 36.3 cm³/mol. The van der Waals surface area contributed by atoms with E-state index in [1.165, 1.54) is 0 Å². The lowest BCUT2D eigenvalue weighted by Gasteiger charge is -1.86. The van der Waals surface area contributed by atoms with Gasteiger partial charge in [0.25, 0.3) is 0 Å². The second-order valence-corrected chi connectivity index (χ2v) is 1.79. The minimum absolute atomic E-state index is 0.485. The SMILES string of the molecule is [N-]=[N+]=NCCc1ccn[nH]1. The molecule has 1 aromatic rings. The summed E-state index contributed by atoms with van der Waals surface area (Å²) in [7, 11) is 0. The van der Waals surface area contributed by atoms with Gasteiger partial charge in [-0.25, -0.2) is 0 Å². The molecule has 52 valence electrons. The average Bonchev–Trinajstić information content (AvgIpc) is 2.41. The predicted octanol–water partition coefficient (Wildman–Crippen LogP) is 1.26. The molecule has 0 spiro atoms. The molecule has 0 unspecified atom stereocenters. The van der Waals surface area contributed by atoms with Crippen molar-refractivity contribution in [2.24, 2.45) is 5.11 Å². The average molecular weight is 137 g/mol. The summed E-state index contributed by atoms with van der Waals surface area (Å²) >= 11 is 0. The summed E-state index contributed by atoms with van der Waals surface area (Å²) in [5.74, 6) is 0. The Balaban J connectivity index is 2.34. The number of hydrogen-bond donors (Lipinski definition) is 1. The van der Waals surface area contributed by atoms with Crippen LogP contribution in [0.15, 0.2) is 17.4 Å². The second-order valence-electron chi connectivity index (χ2n) is 1.79. The van der Waals surface area contributed by atoms with E-state index in [1.807, 2.05) is 6.07 Å². The van der Waals surface area contributed by atoms with E-state index >= 15 is 0 Å². The highest BCUT2D eigenvalue weighted by atomic mass is 15.1. The van der Waals surface area contributed by atoms with Crippen LogP contribution < -0.4 is 0 Å². The van der Waals surface area contributed by atoms with Gasteiger partial charge in [0.15, 0.2) is 0 Å². The van der Waals surface area contributed by atoms with Crippen LogP contribution in [0.1, 0.15) is 5.69 Å². The maximum atomic E-state index is 7.93. The number of hydrogen-bond acceptors (Lipinski definition) is 2. The van der Waals surface area contributed by atoms with E-state index in [0.717, 1.165) is 12.1 Å². The molecule has 0 aromatic carbocycles. The Morgan fingerprint density at radius 2 is 2.70 bits per heavy atom. The van der Waals surface area contributed by atoms with E-state index in [-0.39, 0.29) is 0 Å². The van der Waals surface area contributed by atoms with Gasteiger partial charge in [0, 0.05) is 23.3 Å². The Hall–Kier alpha value is -1.48. The molecule has 0 bridgehead atoms. The highest BCUT2D eigenvalue weighted by Crippen LogP contribution is 1.92. The van der Waals surface area contributed by atoms with Crippen LogP contribution in [0.3, 0.4) is 0 Å². The molecule has 0 aliphatic carbocycles. The Bertz CT molecular complexity index is 220. The smallest absolute Gasteiger partial charge is 0.0490 e. The second kappa shape index (κ2) is 3.53. The Kier molecular flexibility index (Phi) is 2.34. The van der Waals surface area contributed by atoms with Gasteiger partial charge in [-0.1, -0.05) is 5.11 Å². The summed E-state index contributed by atoms with van der Waals surface area (Å²) in [6.07, 6.45) is 2.40. The van der Waals surface area contributed by atoms with Crippen LogP contribution in [0, 0.1) is 0 Å². The van der Waals surface area contributed by atoms with Gasteiger partial charge in [-0.3, -0.25) is 5.10 Å². The fraction of sp³-hybridized carbons (Fsp3) is 0.400. The van der Waals surface area contributed by atoms with Crippen LogP contribution in [-0.4, -0.2) is 16.7 Å². The lowest BCUT2D eigenvalue weighted by Crippen LogP contribution is -1.87. The van der Waals surface area contributed by atoms with Crippen molar-refractivity contribution in [2.75, 3.05) is 6.54 Å². The van der Waals surface area contributed by atoms with Gasteiger partial charge in [0.2, 0.25) is 0 Å². The summed E-state index contributed by atoms with van der Waals surface area (Å²) < 4.78 is 0. The largest absolute Gasteiger partial charge is 0.283 e. The number of aromatic nitrogens is 2. The number of rotatable bonds is 3. The van der Waals surface area contributed by atoms with Crippen molar-refractivity contribution in [3.63, 3.8) is 0 Å². The molecule has 5 nitrogen and oxygen atoms in total. The zero-order valence-corrected chi connectivity index (χ0v) is 5.36. The van der Waals surface area contributed by atoms with Crippen molar-refractivity contribution in [3.8, 4) is 0 Å². The normalized spacial score (nSPS) is 8.80. The van der Waals surface area contributed by atoms with E-state index in [1.54, 1.807) is 6.20 Å². The summed E-state index contributed by atoms with van der Waals surface area (Å²) in [5, 5.41) is 9.88. The van der Waals surface area contributed by atoms with Crippen molar-refractivity contribution in [2.45, 2.75) is 6.42 Å². The topological polar surface area (TPSA) is 77.4 Å². The minimum atomic E-state index is 0.485. The van der Waals surface area contributed by atoms with Crippen LogP contribution in [0.2, 0.25) is 0 Å². The summed E-state index contributed by atoms with van der Waals surface area (Å²) in [5.41, 5.74) is 8.92. The quantitative estimate of drug-likeness (QED) is 0.380. The molecule has 0 radical (unpaired) electrons. The minimum Gasteiger partial charge on any atom is -0.283 e. The molecule has 0 aliphatic rings. The third kappa shape index (κ3) is 1.80. The van der Waals surface area contributed by atoms with E-state index in [2.05, 4.69) is 20.2 Å². The molecule has 0 saturated heterocycles. The molecule has 1 heterocycles. The van der Waals surface area contributed by atoms with E-state index in [0.29, 0.717) is 6.54 Å². The van der Waals surface area contributed by atoms with E-state index in [9.17, 15) is 0 Å². The van der Waals surface area contributed by atoms with Crippen LogP contribution in [0.4, 0.5) is 0 Å². The van der Waals surface area contributed by atoms with Gasteiger partial charge in [-0.15, -0.1) is 0 Å². The maximum Gasteiger partial charge on any atom is 0.0490 e. The summed E-state index contributed by atoms with van der Waals surface area (Å²) in [6.45, 7) is 0.485. The molecular weight excluding hydrogens is 130 g/mol. The Labute approximate surface area is 57.7 Å². The third-order valence-electron chi connectivity index (χ3n) is 1.10. The number of nitrogens with zero attached hydrogens (tertiary/aromatic N) is 4. The van der Waals surface area contributed by atoms with E-state index in [4.69, 9.17) is 5.53 Å². The number of H-pyrrole nitrogens is 1. The lowest BCUT2D eigenvalue weighted by molar-refractivity contribution is 0.895. The molecule has 1 N–H and O–H groups in total. The monoisotopic (exact) mass is 137 g/mol. The van der Waals surface area contributed by atoms with Gasteiger partial charge >= 0.3 is 0 Å². The Morgan fingerprint density at radius 3 is 3.30 bits per heavy atom. The summed E-state index contributed by atoms with van der Waals surface area (Å²) in [4.78, 5) is 2.63. The highest BCUT2D eigenvalue weighted by Gasteiger charge is 1.89. The van der Waals surface area contributed by atoms with Crippen LogP contribution in [-0.2, 0) is 6.42 Å². The van der Waals surface area contributed by atoms with Crippen molar-refractivity contribution in [3.05, 3.63) is 28.4 Å². The maximum absolute atomic E-state index is 7.93. The molecule has 0 atom stereocenters. The van der Waals surface area contributed by atoms with Crippen molar-refractivity contribution >= 4 is 0 Å². The summed E-state index contributed by atoms with van der Waals surface area (Å²) in [6, 6.07) is 1.85. The number of azide groups is 1. The van der Waals surface area contributed by atoms with Crippen molar-refractivity contribution in [1.82, 2.24) is 10.2 Å². The molecule has 10 heavy (non-hydrogen) atoms. The lowest BCUT2D eigenvalue weighted by atomic mass is 10.3. The molecule has 1 rings (SSSR count). The first-order chi connectivity index (χ1) is 4.93. The van der Waals surface area contributed by atoms with E-state index < -0.39 is 0 Å². The van der Waals surface area contributed by atoms with Crippen molar-refractivity contribution < 1.29 is 0 Å². The zero-order chi connectivity index (χ0) is 7.23. The molecule has 0 fully saturated rings. The van der Waals surface area contributed by atoms with Gasteiger partial charge < -0.3 is 0 Å². The number of nitrogens with one attached hydrogen (secondary N) is 1. The first-order valence-corrected chi connectivity index (χ1v) is 2.92. The zero-order valence-electron chi connectivity index (χ0n) is 5.36. The first-order valence-electron chi connectivity index (χ1n) is 2.92. The van der Waals surface area contributed by atoms with Gasteiger partial charge in [0.1, 0.15) is 0 Å². The van der Waals surface area contributed by atoms with Gasteiger partial charge in [-0.2, -0.15) is 5.10 Å². The van der Waals surface area contributed by atoms with Gasteiger partial charge in [0.05, 0.1) is 0 Å². The molecular formula is C5H7N5. The highest BCUT2D eigenvalue weighted by molar-refractivity contribution is 4.97. The Morgan fingerprint density at radius 1 is 1.80 bits per heavy atom.